The van der Waals surface area contributed by atoms with E-state index in [4.69, 9.17) is 8.85 Å². The first-order valence-electron chi connectivity index (χ1n) is 5.81. The van der Waals surface area contributed by atoms with Crippen LogP contribution in [0.5, 0.6) is 0 Å². The van der Waals surface area contributed by atoms with Crippen LogP contribution in [0.25, 0.3) is 0 Å². The Bertz CT molecular complexity index is 163. The van der Waals surface area contributed by atoms with Crippen molar-refractivity contribution in [3.8, 4) is 0 Å². The molecule has 1 fully saturated rings. The zero-order valence-corrected chi connectivity index (χ0v) is 12.1. The molecule has 0 spiro atoms. The van der Waals surface area contributed by atoms with E-state index in [0.29, 0.717) is 0 Å². The van der Waals surface area contributed by atoms with Gasteiger partial charge in [0.05, 0.1) is 0 Å². The predicted octanol–water partition coefficient (Wildman–Crippen LogP) is 3.15. The van der Waals surface area contributed by atoms with E-state index in [1.165, 1.54) is 24.2 Å². The third-order valence-corrected chi connectivity index (χ3v) is 13.9. The van der Waals surface area contributed by atoms with Crippen molar-refractivity contribution < 1.29 is 8.85 Å². The van der Waals surface area contributed by atoms with Gasteiger partial charge in [-0.1, -0.05) is 6.42 Å². The molecular formula is C10H24O2Si2. The molecule has 0 aromatic rings. The molecule has 0 aromatic carbocycles. The third kappa shape index (κ3) is 3.19. The van der Waals surface area contributed by atoms with Gasteiger partial charge in [-0.25, -0.2) is 0 Å². The first-order valence-corrected chi connectivity index (χ1v) is 11.5. The van der Waals surface area contributed by atoms with Crippen LogP contribution in [0.1, 0.15) is 20.3 Å². The van der Waals surface area contributed by atoms with Crippen molar-refractivity contribution in [2.24, 2.45) is 0 Å². The molecule has 0 amide bonds. The standard InChI is InChI=1S/C10H24O2Si2/c1-5-11-13(3)8-7-9-14(4,10-13)12-6-2/h5-10H2,1-4H3. The molecule has 0 N–H and O–H groups in total. The molecule has 14 heavy (non-hydrogen) atoms. The van der Waals surface area contributed by atoms with Crippen LogP contribution in [-0.4, -0.2) is 29.8 Å². The molecule has 0 aliphatic carbocycles. The van der Waals surface area contributed by atoms with Gasteiger partial charge in [-0.2, -0.15) is 0 Å². The van der Waals surface area contributed by atoms with Crippen molar-refractivity contribution in [1.82, 2.24) is 0 Å². The summed E-state index contributed by atoms with van der Waals surface area (Å²) in [6.45, 7) is 10.8. The molecule has 1 rings (SSSR count). The van der Waals surface area contributed by atoms with Gasteiger partial charge < -0.3 is 8.85 Å². The van der Waals surface area contributed by atoms with Crippen LogP contribution in [0.3, 0.4) is 0 Å². The van der Waals surface area contributed by atoms with Crippen LogP contribution in [0.15, 0.2) is 0 Å². The van der Waals surface area contributed by atoms with E-state index < -0.39 is 16.6 Å². The van der Waals surface area contributed by atoms with Gasteiger partial charge in [0.1, 0.15) is 0 Å². The van der Waals surface area contributed by atoms with Crippen molar-refractivity contribution in [2.45, 2.75) is 51.1 Å². The average molecular weight is 232 g/mol. The summed E-state index contributed by atoms with van der Waals surface area (Å²) in [6.07, 6.45) is 1.34. The summed E-state index contributed by atoms with van der Waals surface area (Å²) in [5, 5.41) is 0. The van der Waals surface area contributed by atoms with E-state index in [1.54, 1.807) is 0 Å². The first kappa shape index (κ1) is 12.4. The van der Waals surface area contributed by atoms with Gasteiger partial charge in [0, 0.05) is 13.2 Å². The molecule has 1 aliphatic rings. The van der Waals surface area contributed by atoms with E-state index in [2.05, 4.69) is 26.9 Å². The minimum Gasteiger partial charge on any atom is -0.418 e. The second kappa shape index (κ2) is 4.92. The van der Waals surface area contributed by atoms with E-state index >= 15 is 0 Å². The van der Waals surface area contributed by atoms with Gasteiger partial charge >= 0.3 is 0 Å². The quantitative estimate of drug-likeness (QED) is 0.693. The molecule has 0 aromatic heterocycles. The largest absolute Gasteiger partial charge is 0.418 e. The number of hydrogen-bond donors (Lipinski definition) is 0. The summed E-state index contributed by atoms with van der Waals surface area (Å²) in [7, 11) is -2.75. The van der Waals surface area contributed by atoms with Crippen LogP contribution >= 0.6 is 0 Å². The van der Waals surface area contributed by atoms with E-state index in [1.807, 2.05) is 0 Å². The molecule has 1 aliphatic heterocycles. The van der Waals surface area contributed by atoms with Crippen molar-refractivity contribution in [3.05, 3.63) is 0 Å². The normalized spacial score (nSPS) is 38.6. The Morgan fingerprint density at radius 3 is 1.71 bits per heavy atom. The fourth-order valence-electron chi connectivity index (χ4n) is 2.75. The summed E-state index contributed by atoms with van der Waals surface area (Å²) in [6, 6.07) is 2.69. The highest BCUT2D eigenvalue weighted by molar-refractivity contribution is 6.91. The fraction of sp³-hybridized carbons (Fsp3) is 1.00. The molecule has 1 saturated heterocycles. The lowest BCUT2D eigenvalue weighted by molar-refractivity contribution is 0.302. The highest BCUT2D eigenvalue weighted by Gasteiger charge is 2.44. The van der Waals surface area contributed by atoms with Gasteiger partial charge in [0.15, 0.2) is 16.6 Å². The lowest BCUT2D eigenvalue weighted by atomic mass is 10.6. The molecule has 2 unspecified atom stereocenters. The van der Waals surface area contributed by atoms with E-state index in [9.17, 15) is 0 Å². The zero-order valence-electron chi connectivity index (χ0n) is 10.1. The van der Waals surface area contributed by atoms with Crippen LogP contribution in [0, 0.1) is 0 Å². The minimum absolute atomic E-state index is 0.888. The van der Waals surface area contributed by atoms with Gasteiger partial charge in [-0.3, -0.25) is 0 Å². The molecule has 2 nitrogen and oxygen atoms in total. The molecule has 4 heteroatoms. The van der Waals surface area contributed by atoms with Gasteiger partial charge in [-0.05, 0) is 44.7 Å². The number of hydrogen-bond acceptors (Lipinski definition) is 2. The zero-order chi connectivity index (χ0) is 10.7. The van der Waals surface area contributed by atoms with Crippen molar-refractivity contribution in [2.75, 3.05) is 13.2 Å². The van der Waals surface area contributed by atoms with Crippen molar-refractivity contribution >= 4 is 16.6 Å². The average Bonchev–Trinajstić information content (AvgIpc) is 2.02. The summed E-state index contributed by atoms with van der Waals surface area (Å²) in [4.78, 5) is 0. The van der Waals surface area contributed by atoms with E-state index in [-0.39, 0.29) is 0 Å². The molecule has 0 saturated carbocycles. The summed E-state index contributed by atoms with van der Waals surface area (Å²) in [5.74, 6) is 0. The van der Waals surface area contributed by atoms with Gasteiger partial charge in [-0.15, -0.1) is 0 Å². The summed E-state index contributed by atoms with van der Waals surface area (Å²) < 4.78 is 12.0. The van der Waals surface area contributed by atoms with Crippen molar-refractivity contribution in [1.29, 1.82) is 0 Å². The molecule has 84 valence electrons. The Hall–Kier alpha value is 0.354. The van der Waals surface area contributed by atoms with Crippen LogP contribution in [0.4, 0.5) is 0 Å². The van der Waals surface area contributed by atoms with E-state index in [0.717, 1.165) is 13.2 Å². The summed E-state index contributed by atoms with van der Waals surface area (Å²) in [5.41, 5.74) is 1.31. The Kier molecular flexibility index (Phi) is 4.37. The Morgan fingerprint density at radius 2 is 1.36 bits per heavy atom. The molecular weight excluding hydrogens is 208 g/mol. The van der Waals surface area contributed by atoms with Crippen molar-refractivity contribution in [3.63, 3.8) is 0 Å². The first-order chi connectivity index (χ1) is 6.54. The maximum Gasteiger partial charge on any atom is 0.189 e. The third-order valence-electron chi connectivity index (χ3n) is 3.14. The topological polar surface area (TPSA) is 18.5 Å². The summed E-state index contributed by atoms with van der Waals surface area (Å²) >= 11 is 0. The monoisotopic (exact) mass is 232 g/mol. The Labute approximate surface area is 90.3 Å². The lowest BCUT2D eigenvalue weighted by Gasteiger charge is -2.40. The van der Waals surface area contributed by atoms with Gasteiger partial charge in [0.2, 0.25) is 0 Å². The SMILES string of the molecule is CCO[Si]1(C)CCC[Si](C)(OCC)C1. The highest BCUT2D eigenvalue weighted by atomic mass is 28.4. The van der Waals surface area contributed by atoms with Crippen LogP contribution < -0.4 is 0 Å². The highest BCUT2D eigenvalue weighted by Crippen LogP contribution is 2.36. The minimum atomic E-state index is -1.37. The lowest BCUT2D eigenvalue weighted by Crippen LogP contribution is -2.51. The smallest absolute Gasteiger partial charge is 0.189 e. The predicted molar refractivity (Wildman–Crippen MR) is 65.5 cm³/mol. The van der Waals surface area contributed by atoms with Crippen LogP contribution in [-0.2, 0) is 8.85 Å². The maximum absolute atomic E-state index is 6.01. The second-order valence-electron chi connectivity index (χ2n) is 4.80. The Balaban J connectivity index is 2.58. The molecule has 0 bridgehead atoms. The van der Waals surface area contributed by atoms with Gasteiger partial charge in [0.25, 0.3) is 0 Å². The fourth-order valence-corrected chi connectivity index (χ4v) is 15.2. The maximum atomic E-state index is 6.01. The molecule has 1 heterocycles. The Morgan fingerprint density at radius 1 is 0.929 bits per heavy atom. The number of rotatable bonds is 4. The molecule has 0 radical (unpaired) electrons. The second-order valence-corrected chi connectivity index (χ2v) is 13.6. The molecule has 2 atom stereocenters. The van der Waals surface area contributed by atoms with Crippen LogP contribution in [0.2, 0.25) is 30.8 Å².